The van der Waals surface area contributed by atoms with E-state index in [1.165, 1.54) is 6.08 Å². The molecular weight excluding hydrogens is 216 g/mol. The Morgan fingerprint density at radius 3 is 2.71 bits per heavy atom. The summed E-state index contributed by atoms with van der Waals surface area (Å²) < 4.78 is 0. The number of aliphatic hydroxyl groups excluding tert-OH is 1. The molecule has 0 aliphatic heterocycles. The predicted molar refractivity (Wildman–Crippen MR) is 64.9 cm³/mol. The Morgan fingerprint density at radius 1 is 1.53 bits per heavy atom. The van der Waals surface area contributed by atoms with Gasteiger partial charge in [-0.2, -0.15) is 5.26 Å². The van der Waals surface area contributed by atoms with Gasteiger partial charge >= 0.3 is 0 Å². The number of nitrogens with zero attached hydrogens (tertiary/aromatic N) is 1. The second-order valence-corrected chi connectivity index (χ2v) is 3.66. The maximum atomic E-state index is 11.3. The van der Waals surface area contributed by atoms with Crippen molar-refractivity contribution in [3.8, 4) is 6.07 Å². The van der Waals surface area contributed by atoms with Crippen molar-refractivity contribution in [1.82, 2.24) is 5.32 Å². The number of carbonyl (C=O) groups excluding carboxylic acids is 1. The topological polar surface area (TPSA) is 73.1 Å². The maximum Gasteiger partial charge on any atom is 0.244 e. The highest BCUT2D eigenvalue weighted by atomic mass is 16.3. The van der Waals surface area contributed by atoms with E-state index in [1.807, 2.05) is 6.07 Å². The number of aliphatic hydroxyl groups is 1. The molecule has 4 heteroatoms. The number of hydrogen-bond donors (Lipinski definition) is 2. The SMILES string of the molecule is C[C@H](CO)NC(=O)C=Cc1ccc(C#N)cc1. The van der Waals surface area contributed by atoms with E-state index in [0.717, 1.165) is 5.56 Å². The van der Waals surface area contributed by atoms with Crippen molar-refractivity contribution in [3.05, 3.63) is 41.5 Å². The highest BCUT2D eigenvalue weighted by Gasteiger charge is 2.01. The molecule has 0 aliphatic carbocycles. The lowest BCUT2D eigenvalue weighted by atomic mass is 10.1. The molecule has 0 saturated heterocycles. The number of carbonyl (C=O) groups is 1. The van der Waals surface area contributed by atoms with E-state index in [9.17, 15) is 4.79 Å². The molecule has 0 aliphatic rings. The van der Waals surface area contributed by atoms with Crippen LogP contribution >= 0.6 is 0 Å². The van der Waals surface area contributed by atoms with E-state index in [4.69, 9.17) is 10.4 Å². The van der Waals surface area contributed by atoms with Gasteiger partial charge in [0.15, 0.2) is 0 Å². The lowest BCUT2D eigenvalue weighted by molar-refractivity contribution is -0.117. The molecule has 0 saturated carbocycles. The third-order valence-corrected chi connectivity index (χ3v) is 2.13. The molecule has 0 spiro atoms. The standard InChI is InChI=1S/C13H14N2O2/c1-10(9-16)15-13(17)7-6-11-2-4-12(8-14)5-3-11/h2-7,10,16H,9H2,1H3,(H,15,17)/t10-/m1/s1. The molecule has 17 heavy (non-hydrogen) atoms. The minimum absolute atomic E-state index is 0.0869. The van der Waals surface area contributed by atoms with Gasteiger partial charge in [-0.15, -0.1) is 0 Å². The molecule has 1 rings (SSSR count). The van der Waals surface area contributed by atoms with Gasteiger partial charge in [0, 0.05) is 12.1 Å². The molecule has 1 aromatic rings. The highest BCUT2D eigenvalue weighted by molar-refractivity contribution is 5.91. The second kappa shape index (κ2) is 6.46. The Labute approximate surface area is 100 Å². The molecule has 0 aromatic heterocycles. The van der Waals surface area contributed by atoms with E-state index in [1.54, 1.807) is 37.3 Å². The molecule has 1 atom stereocenters. The van der Waals surface area contributed by atoms with Crippen LogP contribution in [0.4, 0.5) is 0 Å². The summed E-state index contributed by atoms with van der Waals surface area (Å²) in [6.45, 7) is 1.63. The average molecular weight is 230 g/mol. The lowest BCUT2D eigenvalue weighted by Gasteiger charge is -2.07. The van der Waals surface area contributed by atoms with Crippen molar-refractivity contribution in [1.29, 1.82) is 5.26 Å². The number of rotatable bonds is 4. The molecule has 4 nitrogen and oxygen atoms in total. The van der Waals surface area contributed by atoms with Crippen LogP contribution in [0.3, 0.4) is 0 Å². The van der Waals surface area contributed by atoms with Gasteiger partial charge in [-0.3, -0.25) is 4.79 Å². The van der Waals surface area contributed by atoms with E-state index in [2.05, 4.69) is 5.32 Å². The zero-order valence-corrected chi connectivity index (χ0v) is 9.55. The predicted octanol–water partition coefficient (Wildman–Crippen LogP) is 1.07. The molecule has 0 radical (unpaired) electrons. The normalized spacial score (nSPS) is 12.1. The molecule has 0 fully saturated rings. The van der Waals surface area contributed by atoms with Gasteiger partial charge < -0.3 is 10.4 Å². The Morgan fingerprint density at radius 2 is 2.18 bits per heavy atom. The molecular formula is C13H14N2O2. The number of nitriles is 1. The van der Waals surface area contributed by atoms with Crippen LogP contribution in [0.5, 0.6) is 0 Å². The molecule has 0 unspecified atom stereocenters. The van der Waals surface area contributed by atoms with Crippen molar-refractivity contribution < 1.29 is 9.90 Å². The first kappa shape index (κ1) is 12.9. The zero-order chi connectivity index (χ0) is 12.7. The van der Waals surface area contributed by atoms with E-state index in [-0.39, 0.29) is 18.6 Å². The summed E-state index contributed by atoms with van der Waals surface area (Å²) in [5.74, 6) is -0.254. The Kier molecular flexibility index (Phi) is 4.92. The highest BCUT2D eigenvalue weighted by Crippen LogP contribution is 2.04. The van der Waals surface area contributed by atoms with Crippen molar-refractivity contribution in [3.63, 3.8) is 0 Å². The van der Waals surface area contributed by atoms with Crippen LogP contribution in [0.25, 0.3) is 6.08 Å². The van der Waals surface area contributed by atoms with Gasteiger partial charge in [-0.25, -0.2) is 0 Å². The van der Waals surface area contributed by atoms with Crippen LogP contribution in [0.1, 0.15) is 18.1 Å². The summed E-state index contributed by atoms with van der Waals surface area (Å²) >= 11 is 0. The van der Waals surface area contributed by atoms with Gasteiger partial charge in [0.2, 0.25) is 5.91 Å². The summed E-state index contributed by atoms with van der Waals surface area (Å²) in [5, 5.41) is 20.0. The number of amides is 1. The third-order valence-electron chi connectivity index (χ3n) is 2.13. The Hall–Kier alpha value is -2.12. The first-order valence-corrected chi connectivity index (χ1v) is 5.25. The number of benzene rings is 1. The van der Waals surface area contributed by atoms with Crippen molar-refractivity contribution in [2.24, 2.45) is 0 Å². The van der Waals surface area contributed by atoms with Gasteiger partial charge in [-0.05, 0) is 30.7 Å². The average Bonchev–Trinajstić information content (AvgIpc) is 2.36. The fourth-order valence-electron chi connectivity index (χ4n) is 1.18. The van der Waals surface area contributed by atoms with E-state index in [0.29, 0.717) is 5.56 Å². The smallest absolute Gasteiger partial charge is 0.244 e. The lowest BCUT2D eigenvalue weighted by Crippen LogP contribution is -2.33. The van der Waals surface area contributed by atoms with Crippen molar-refractivity contribution in [2.75, 3.05) is 6.61 Å². The molecule has 1 aromatic carbocycles. The number of hydrogen-bond acceptors (Lipinski definition) is 3. The molecule has 1 amide bonds. The van der Waals surface area contributed by atoms with E-state index < -0.39 is 0 Å². The van der Waals surface area contributed by atoms with Gasteiger partial charge in [0.1, 0.15) is 0 Å². The molecule has 2 N–H and O–H groups in total. The van der Waals surface area contributed by atoms with Crippen LogP contribution in [0, 0.1) is 11.3 Å². The van der Waals surface area contributed by atoms with Crippen LogP contribution in [0.15, 0.2) is 30.3 Å². The fraction of sp³-hybridized carbons (Fsp3) is 0.231. The van der Waals surface area contributed by atoms with Crippen LogP contribution in [-0.2, 0) is 4.79 Å². The van der Waals surface area contributed by atoms with Crippen LogP contribution < -0.4 is 5.32 Å². The van der Waals surface area contributed by atoms with Crippen LogP contribution in [-0.4, -0.2) is 23.7 Å². The molecule has 88 valence electrons. The summed E-state index contributed by atoms with van der Waals surface area (Å²) in [5.41, 5.74) is 1.43. The Bertz CT molecular complexity index is 443. The minimum Gasteiger partial charge on any atom is -0.394 e. The van der Waals surface area contributed by atoms with Crippen molar-refractivity contribution in [2.45, 2.75) is 13.0 Å². The largest absolute Gasteiger partial charge is 0.394 e. The molecule has 0 heterocycles. The van der Waals surface area contributed by atoms with E-state index >= 15 is 0 Å². The van der Waals surface area contributed by atoms with Gasteiger partial charge in [0.25, 0.3) is 0 Å². The van der Waals surface area contributed by atoms with Crippen LogP contribution in [0.2, 0.25) is 0 Å². The third kappa shape index (κ3) is 4.49. The maximum absolute atomic E-state index is 11.3. The van der Waals surface area contributed by atoms with Crippen molar-refractivity contribution >= 4 is 12.0 Å². The summed E-state index contributed by atoms with van der Waals surface area (Å²) in [4.78, 5) is 11.3. The summed E-state index contributed by atoms with van der Waals surface area (Å²) in [6.07, 6.45) is 3.05. The summed E-state index contributed by atoms with van der Waals surface area (Å²) in [6, 6.07) is 8.67. The first-order valence-electron chi connectivity index (χ1n) is 5.25. The molecule has 0 bridgehead atoms. The summed E-state index contributed by atoms with van der Waals surface area (Å²) in [7, 11) is 0. The first-order chi connectivity index (χ1) is 8.15. The zero-order valence-electron chi connectivity index (χ0n) is 9.55. The second-order valence-electron chi connectivity index (χ2n) is 3.66. The monoisotopic (exact) mass is 230 g/mol. The van der Waals surface area contributed by atoms with Gasteiger partial charge in [0.05, 0.1) is 18.2 Å². The quantitative estimate of drug-likeness (QED) is 0.760. The fourth-order valence-corrected chi connectivity index (χ4v) is 1.18. The number of nitrogens with one attached hydrogen (secondary N) is 1. The minimum atomic E-state index is -0.256. The van der Waals surface area contributed by atoms with Gasteiger partial charge in [-0.1, -0.05) is 12.1 Å². The Balaban J connectivity index is 2.58.